The number of hydrogen-bond donors (Lipinski definition) is 0. The minimum atomic E-state index is 0. The first-order chi connectivity index (χ1) is 12.3. The number of nitrogens with zero attached hydrogens (tertiary/aromatic N) is 1. The zero-order valence-electron chi connectivity index (χ0n) is 16.7. The molecule has 1 saturated heterocycles. The molecule has 0 bridgehead atoms. The standard InChI is InChI=1S/C14H23N.2C5H5.Zr/c1-4-7-10-15-11-13(8-5-2)14(12-15)9-6-3;2*1-2-4-5-3-1;/h4-7,10-12H2,1-3H3;2*1-5H;/q-2;;;+4. The number of hydrogen-bond acceptors (Lipinski definition) is 1. The summed E-state index contributed by atoms with van der Waals surface area (Å²) in [6.07, 6.45) is 31.5. The van der Waals surface area contributed by atoms with Crippen LogP contribution < -0.4 is 0 Å². The molecule has 2 heteroatoms. The average molecular weight is 427 g/mol. The van der Waals surface area contributed by atoms with Crippen molar-refractivity contribution in [2.75, 3.05) is 19.6 Å². The predicted molar refractivity (Wildman–Crippen MR) is 108 cm³/mol. The molecule has 3 fully saturated rings. The van der Waals surface area contributed by atoms with Crippen molar-refractivity contribution in [3.8, 4) is 0 Å². The van der Waals surface area contributed by atoms with Crippen LogP contribution in [0.15, 0.2) is 11.1 Å². The van der Waals surface area contributed by atoms with Crippen molar-refractivity contribution < 1.29 is 26.2 Å². The van der Waals surface area contributed by atoms with Gasteiger partial charge in [-0.3, -0.25) is 0 Å². The minimum absolute atomic E-state index is 0. The third-order valence-electron chi connectivity index (χ3n) is 3.85. The van der Waals surface area contributed by atoms with Gasteiger partial charge in [0.2, 0.25) is 0 Å². The van der Waals surface area contributed by atoms with Gasteiger partial charge in [0.25, 0.3) is 0 Å². The summed E-state index contributed by atoms with van der Waals surface area (Å²) >= 11 is 0. The molecule has 3 aliphatic rings. The summed E-state index contributed by atoms with van der Waals surface area (Å²) in [5.41, 5.74) is 2.80. The van der Waals surface area contributed by atoms with Gasteiger partial charge < -0.3 is 28.2 Å². The Bertz CT molecular complexity index is 317. The first-order valence-corrected chi connectivity index (χ1v) is 9.57. The fourth-order valence-corrected chi connectivity index (χ4v) is 2.63. The van der Waals surface area contributed by atoms with Crippen LogP contribution in [0.3, 0.4) is 0 Å². The molecule has 3 rings (SSSR count). The maximum Gasteiger partial charge on any atom is 4.00 e. The van der Waals surface area contributed by atoms with Crippen LogP contribution in [0.4, 0.5) is 0 Å². The summed E-state index contributed by atoms with van der Waals surface area (Å²) in [5, 5.41) is 0. The Morgan fingerprint density at radius 3 is 1.31 bits per heavy atom. The van der Waals surface area contributed by atoms with Crippen LogP contribution in [0, 0.1) is 76.4 Å². The van der Waals surface area contributed by atoms with Gasteiger partial charge in [-0.15, -0.1) is 12.8 Å². The maximum absolute atomic E-state index is 3.46. The van der Waals surface area contributed by atoms with E-state index >= 15 is 0 Å². The molecule has 136 valence electrons. The van der Waals surface area contributed by atoms with Crippen LogP contribution in [0.1, 0.15) is 46.5 Å². The molecule has 2 aliphatic carbocycles. The van der Waals surface area contributed by atoms with Gasteiger partial charge in [-0.05, 0) is 77.2 Å². The average Bonchev–Trinajstić information content (AvgIpc) is 3.39. The minimum Gasteiger partial charge on any atom is -0.372 e. The van der Waals surface area contributed by atoms with Gasteiger partial charge in [0.1, 0.15) is 0 Å². The molecule has 0 N–H and O–H groups in total. The van der Waals surface area contributed by atoms with Crippen molar-refractivity contribution in [3.05, 3.63) is 87.5 Å². The van der Waals surface area contributed by atoms with E-state index in [2.05, 4.69) is 37.8 Å². The van der Waals surface area contributed by atoms with E-state index in [4.69, 9.17) is 0 Å². The summed E-state index contributed by atoms with van der Waals surface area (Å²) in [4.78, 5) is 2.51. The molecule has 1 nitrogen and oxygen atoms in total. The van der Waals surface area contributed by atoms with Crippen LogP contribution in [-0.4, -0.2) is 24.5 Å². The summed E-state index contributed by atoms with van der Waals surface area (Å²) in [6, 6.07) is 0. The van der Waals surface area contributed by atoms with E-state index in [-0.39, 0.29) is 26.2 Å². The second-order valence-electron chi connectivity index (χ2n) is 6.01. The third kappa shape index (κ3) is 12.7. The van der Waals surface area contributed by atoms with Gasteiger partial charge >= 0.3 is 26.2 Å². The second kappa shape index (κ2) is 18.7. The van der Waals surface area contributed by atoms with Crippen LogP contribution in [0.5, 0.6) is 0 Å². The molecule has 0 aromatic carbocycles. The quantitative estimate of drug-likeness (QED) is 0.530. The summed E-state index contributed by atoms with van der Waals surface area (Å²) in [7, 11) is 0. The van der Waals surface area contributed by atoms with Crippen molar-refractivity contribution in [2.45, 2.75) is 46.5 Å². The van der Waals surface area contributed by atoms with Crippen molar-refractivity contribution in [1.29, 1.82) is 0 Å². The Balaban J connectivity index is 0.000000460. The molecule has 26 heavy (non-hydrogen) atoms. The molecular weight excluding hydrogens is 393 g/mol. The summed E-state index contributed by atoms with van der Waals surface area (Å²) in [5.74, 6) is 0. The van der Waals surface area contributed by atoms with E-state index in [9.17, 15) is 0 Å². The fraction of sp³-hybridized carbons (Fsp3) is 0.417. The van der Waals surface area contributed by atoms with Crippen molar-refractivity contribution >= 4 is 0 Å². The Labute approximate surface area is 184 Å². The molecule has 2 saturated carbocycles. The van der Waals surface area contributed by atoms with Crippen molar-refractivity contribution in [1.82, 2.24) is 4.90 Å². The molecular formula is C24H33NZr+2. The SMILES string of the molecule is CC[C-]=C1CN(CCCC)CC1=[C-]CC.[CH]1[CH][CH][CH][CH]1.[CH]1[CH][CH][CH][CH]1.[Zr+4]. The number of likely N-dealkylation sites (tertiary alicyclic amines) is 1. The van der Waals surface area contributed by atoms with Crippen LogP contribution in [0.2, 0.25) is 0 Å². The molecule has 0 atom stereocenters. The van der Waals surface area contributed by atoms with E-state index < -0.39 is 0 Å². The normalized spacial score (nSPS) is 22.6. The van der Waals surface area contributed by atoms with E-state index in [1.165, 1.54) is 30.5 Å². The molecule has 0 aromatic rings. The Kier molecular flexibility index (Phi) is 18.9. The van der Waals surface area contributed by atoms with Crippen LogP contribution in [0.25, 0.3) is 0 Å². The Morgan fingerprint density at radius 2 is 1.04 bits per heavy atom. The number of allylic oxidation sites excluding steroid dienone is 2. The molecule has 1 heterocycles. The van der Waals surface area contributed by atoms with Gasteiger partial charge in [-0.25, -0.2) is 0 Å². The smallest absolute Gasteiger partial charge is 0.372 e. The zero-order valence-corrected chi connectivity index (χ0v) is 19.1. The zero-order chi connectivity index (χ0) is 18.2. The fourth-order valence-electron chi connectivity index (χ4n) is 2.63. The Morgan fingerprint density at radius 1 is 0.692 bits per heavy atom. The molecule has 0 spiro atoms. The molecule has 0 unspecified atom stereocenters. The second-order valence-corrected chi connectivity index (χ2v) is 6.01. The van der Waals surface area contributed by atoms with Gasteiger partial charge in [0, 0.05) is 0 Å². The first kappa shape index (κ1) is 26.3. The molecule has 10 radical (unpaired) electrons. The maximum atomic E-state index is 3.46. The molecule has 0 aromatic heterocycles. The van der Waals surface area contributed by atoms with Crippen LogP contribution in [-0.2, 0) is 26.2 Å². The molecule has 0 amide bonds. The van der Waals surface area contributed by atoms with Gasteiger partial charge in [-0.1, -0.05) is 40.3 Å². The van der Waals surface area contributed by atoms with Gasteiger partial charge in [0.05, 0.1) is 0 Å². The van der Waals surface area contributed by atoms with Crippen molar-refractivity contribution in [2.24, 2.45) is 0 Å². The van der Waals surface area contributed by atoms with E-state index in [0.717, 1.165) is 25.9 Å². The summed E-state index contributed by atoms with van der Waals surface area (Å²) in [6.45, 7) is 9.98. The van der Waals surface area contributed by atoms with E-state index in [1.807, 2.05) is 64.2 Å². The predicted octanol–water partition coefficient (Wildman–Crippen LogP) is 5.42. The monoisotopic (exact) mass is 425 g/mol. The topological polar surface area (TPSA) is 3.24 Å². The van der Waals surface area contributed by atoms with Gasteiger partial charge in [-0.2, -0.15) is 0 Å². The number of unbranched alkanes of at least 4 members (excludes halogenated alkanes) is 1. The van der Waals surface area contributed by atoms with Gasteiger partial charge in [0.15, 0.2) is 0 Å². The number of rotatable bonds is 5. The van der Waals surface area contributed by atoms with E-state index in [1.54, 1.807) is 0 Å². The third-order valence-corrected chi connectivity index (χ3v) is 3.85. The van der Waals surface area contributed by atoms with E-state index in [0.29, 0.717) is 0 Å². The van der Waals surface area contributed by atoms with Crippen molar-refractivity contribution in [3.63, 3.8) is 0 Å². The molecule has 1 aliphatic heterocycles. The largest absolute Gasteiger partial charge is 4.00 e. The summed E-state index contributed by atoms with van der Waals surface area (Å²) < 4.78 is 0. The first-order valence-electron chi connectivity index (χ1n) is 9.57. The van der Waals surface area contributed by atoms with Crippen LogP contribution >= 0.6 is 0 Å². The Hall–Kier alpha value is 0.323.